The van der Waals surface area contributed by atoms with Crippen LogP contribution in [0, 0.1) is 0 Å². The second kappa shape index (κ2) is 10.8. The molecule has 0 aliphatic rings. The Hall–Kier alpha value is -3.16. The van der Waals surface area contributed by atoms with Crippen LogP contribution in [0.15, 0.2) is 55.1 Å². The van der Waals surface area contributed by atoms with Gasteiger partial charge in [-0.1, -0.05) is 6.07 Å². The highest BCUT2D eigenvalue weighted by atomic mass is 127. The molecule has 0 saturated heterocycles. The lowest BCUT2D eigenvalue weighted by Crippen LogP contribution is -2.06. The van der Waals surface area contributed by atoms with Crippen molar-refractivity contribution in [2.24, 2.45) is 0 Å². The van der Waals surface area contributed by atoms with Crippen molar-refractivity contribution in [3.8, 4) is 16.9 Å². The number of aromatic hydroxyl groups is 1. The van der Waals surface area contributed by atoms with Crippen LogP contribution in [-0.2, 0) is 17.7 Å². The van der Waals surface area contributed by atoms with Crippen molar-refractivity contribution in [1.29, 1.82) is 0 Å². The second-order valence-corrected chi connectivity index (χ2v) is 9.89. The van der Waals surface area contributed by atoms with E-state index in [0.29, 0.717) is 24.9 Å². The molecule has 0 aliphatic carbocycles. The molecule has 11 heteroatoms. The van der Waals surface area contributed by atoms with Gasteiger partial charge >= 0.3 is 0 Å². The van der Waals surface area contributed by atoms with Crippen LogP contribution in [0.1, 0.15) is 11.1 Å². The summed E-state index contributed by atoms with van der Waals surface area (Å²) in [5.74, 6) is 1.33. The lowest BCUT2D eigenvalue weighted by Gasteiger charge is -2.11. The third kappa shape index (κ3) is 5.04. The monoisotopic (exact) mass is 613 g/mol. The van der Waals surface area contributed by atoms with Gasteiger partial charge in [0.15, 0.2) is 5.65 Å². The van der Waals surface area contributed by atoms with Gasteiger partial charge in [-0.05, 0) is 47.4 Å². The maximum atomic E-state index is 9.80. The van der Waals surface area contributed by atoms with Gasteiger partial charge in [-0.3, -0.25) is 13.9 Å². The van der Waals surface area contributed by atoms with Gasteiger partial charge in [0, 0.05) is 80.6 Å². The molecule has 36 heavy (non-hydrogen) atoms. The Kier molecular flexibility index (Phi) is 7.39. The van der Waals surface area contributed by atoms with Gasteiger partial charge in [-0.15, -0.1) is 0 Å². The number of benzene rings is 1. The Bertz CT molecular complexity index is 1540. The van der Waals surface area contributed by atoms with Crippen LogP contribution in [0.3, 0.4) is 0 Å². The first-order valence-electron chi connectivity index (χ1n) is 11.2. The first kappa shape index (κ1) is 24.5. The first-order chi connectivity index (χ1) is 17.6. The van der Waals surface area contributed by atoms with Gasteiger partial charge in [0.05, 0.1) is 23.7 Å². The van der Waals surface area contributed by atoms with Crippen LogP contribution in [-0.4, -0.2) is 49.8 Å². The Labute approximate surface area is 224 Å². The number of ether oxygens (including phenoxy) is 1. The molecule has 0 saturated carbocycles. The fraction of sp³-hybridized carbons (Fsp3) is 0.200. The summed E-state index contributed by atoms with van der Waals surface area (Å²) in [5, 5.41) is 18.3. The van der Waals surface area contributed by atoms with Gasteiger partial charge in [-0.2, -0.15) is 9.97 Å². The highest BCUT2D eigenvalue weighted by Crippen LogP contribution is 2.39. The van der Waals surface area contributed by atoms with Crippen molar-refractivity contribution in [3.05, 3.63) is 66.2 Å². The zero-order chi connectivity index (χ0) is 25.1. The lowest BCUT2D eigenvalue weighted by atomic mass is 10.0. The zero-order valence-electron chi connectivity index (χ0n) is 19.7. The van der Waals surface area contributed by atoms with E-state index in [2.05, 4.69) is 66.2 Å². The predicted molar refractivity (Wildman–Crippen MR) is 154 cm³/mol. The Balaban J connectivity index is 1.62. The van der Waals surface area contributed by atoms with Crippen LogP contribution >= 0.6 is 30.3 Å². The van der Waals surface area contributed by atoms with E-state index in [9.17, 15) is 5.11 Å². The van der Waals surface area contributed by atoms with Crippen molar-refractivity contribution in [1.82, 2.24) is 23.9 Å². The number of anilines is 2. The van der Waals surface area contributed by atoms with E-state index in [1.54, 1.807) is 35.5 Å². The number of aromatic nitrogens is 5. The molecule has 1 aromatic carbocycles. The van der Waals surface area contributed by atoms with Crippen molar-refractivity contribution in [3.63, 3.8) is 0 Å². The molecule has 5 aromatic rings. The molecular weight excluding hydrogens is 589 g/mol. The summed E-state index contributed by atoms with van der Waals surface area (Å²) in [6.07, 6.45) is 7.93. The van der Waals surface area contributed by atoms with Crippen LogP contribution in [0.4, 0.5) is 11.8 Å². The molecular formula is C25H24IN7O2S. The molecule has 0 atom stereocenters. The fourth-order valence-corrected chi connectivity index (χ4v) is 5.31. The average Bonchev–Trinajstić information content (AvgIpc) is 3.29. The topological polar surface area (TPSA) is 110 Å². The summed E-state index contributed by atoms with van der Waals surface area (Å²) in [6, 6.07) is 10.1. The number of rotatable bonds is 9. The Morgan fingerprint density at radius 3 is 2.78 bits per heavy atom. The average molecular weight is 613 g/mol. The smallest absolute Gasteiger partial charge is 0.226 e. The summed E-state index contributed by atoms with van der Waals surface area (Å²) in [4.78, 5) is 18.2. The highest BCUT2D eigenvalue weighted by molar-refractivity contribution is 14.2. The number of pyridine rings is 2. The molecule has 0 fully saturated rings. The number of nitrogens with zero attached hydrogens (tertiary/aromatic N) is 5. The van der Waals surface area contributed by atoms with E-state index in [4.69, 9.17) is 14.7 Å². The molecule has 9 nitrogen and oxygen atoms in total. The lowest BCUT2D eigenvalue weighted by molar-refractivity contribution is 0.202. The molecule has 4 aromatic heterocycles. The number of fused-ring (bicyclic) bond motifs is 2. The Morgan fingerprint density at radius 2 is 2.00 bits per heavy atom. The van der Waals surface area contributed by atoms with E-state index in [0.717, 1.165) is 50.6 Å². The first-order valence-corrected chi connectivity index (χ1v) is 14.6. The maximum absolute atomic E-state index is 9.80. The van der Waals surface area contributed by atoms with Crippen molar-refractivity contribution in [2.75, 3.05) is 31.4 Å². The minimum absolute atomic E-state index is 0.126. The molecule has 5 rings (SSSR count). The fourth-order valence-electron chi connectivity index (χ4n) is 4.07. The van der Waals surface area contributed by atoms with Gasteiger partial charge in [0.2, 0.25) is 5.95 Å². The molecule has 0 spiro atoms. The number of hydrogen-bond acceptors (Lipinski definition) is 9. The van der Waals surface area contributed by atoms with Gasteiger partial charge in [0.1, 0.15) is 11.6 Å². The van der Waals surface area contributed by atoms with Gasteiger partial charge < -0.3 is 20.5 Å². The molecule has 0 amide bonds. The second-order valence-electron chi connectivity index (χ2n) is 8.18. The van der Waals surface area contributed by atoms with E-state index >= 15 is 0 Å². The van der Waals surface area contributed by atoms with Crippen molar-refractivity contribution >= 4 is 64.0 Å². The van der Waals surface area contributed by atoms with Gasteiger partial charge in [0.25, 0.3) is 0 Å². The zero-order valence-corrected chi connectivity index (χ0v) is 22.7. The summed E-state index contributed by atoms with van der Waals surface area (Å²) in [6.45, 7) is 1.10. The number of methoxy groups -OCH3 is 1. The minimum atomic E-state index is 0.126. The number of halogens is 1. The summed E-state index contributed by atoms with van der Waals surface area (Å²) >= 11 is 2.26. The van der Waals surface area contributed by atoms with Crippen LogP contribution < -0.4 is 10.6 Å². The summed E-state index contributed by atoms with van der Waals surface area (Å²) < 4.78 is 7.26. The SMILES string of the molecule is CNc1nc(NCc2cncc(O)c2)c2c(-c3ccc4ncc(CCOC)cc4c3)cn(SI)c2n1. The van der Waals surface area contributed by atoms with E-state index in [1.807, 2.05) is 16.2 Å². The molecule has 0 unspecified atom stereocenters. The predicted octanol–water partition coefficient (Wildman–Crippen LogP) is 5.44. The normalized spacial score (nSPS) is 11.3. The van der Waals surface area contributed by atoms with Crippen LogP contribution in [0.2, 0.25) is 0 Å². The Morgan fingerprint density at radius 1 is 1.11 bits per heavy atom. The van der Waals surface area contributed by atoms with E-state index in [-0.39, 0.29) is 5.75 Å². The van der Waals surface area contributed by atoms with E-state index in [1.165, 1.54) is 6.20 Å². The largest absolute Gasteiger partial charge is 0.506 e. The van der Waals surface area contributed by atoms with Crippen LogP contribution in [0.25, 0.3) is 33.1 Å². The van der Waals surface area contributed by atoms with Crippen molar-refractivity contribution < 1.29 is 9.84 Å². The molecule has 0 radical (unpaired) electrons. The third-order valence-electron chi connectivity index (χ3n) is 5.80. The number of hydrogen-bond donors (Lipinski definition) is 3. The molecule has 4 heterocycles. The number of nitrogens with one attached hydrogen (secondary N) is 2. The third-order valence-corrected chi connectivity index (χ3v) is 7.50. The van der Waals surface area contributed by atoms with Gasteiger partial charge in [-0.25, -0.2) is 0 Å². The summed E-state index contributed by atoms with van der Waals surface area (Å²) in [5.41, 5.74) is 5.78. The molecule has 0 aliphatic heterocycles. The quantitative estimate of drug-likeness (QED) is 0.187. The molecule has 184 valence electrons. The summed E-state index contributed by atoms with van der Waals surface area (Å²) in [7, 11) is 5.05. The molecule has 3 N–H and O–H groups in total. The maximum Gasteiger partial charge on any atom is 0.226 e. The standard InChI is InChI=1S/C25H24IN7O2S/c1-27-25-31-23(30-12-16-8-19(34)13-28-10-16)22-20(14-33(36-26)24(22)32-25)17-3-4-21-18(9-17)7-15(11-29-21)5-6-35-2/h3-4,7-11,13-14,34H,5-6,12H2,1-2H3,(H2,27,30,31,32). The van der Waals surface area contributed by atoms with Crippen LogP contribution in [0.5, 0.6) is 5.75 Å². The minimum Gasteiger partial charge on any atom is -0.506 e. The van der Waals surface area contributed by atoms with Crippen molar-refractivity contribution in [2.45, 2.75) is 13.0 Å². The highest BCUT2D eigenvalue weighted by Gasteiger charge is 2.19. The molecule has 0 bridgehead atoms. The van der Waals surface area contributed by atoms with E-state index < -0.39 is 0 Å².